The van der Waals surface area contributed by atoms with Gasteiger partial charge in [0.1, 0.15) is 17.9 Å². The second-order valence-corrected chi connectivity index (χ2v) is 8.95. The van der Waals surface area contributed by atoms with Crippen LogP contribution in [0.15, 0.2) is 12.4 Å². The number of nitrogens with two attached hydrogens (primary N) is 1. The number of rotatable bonds is 7. The molecular formula is C23H30ClN7O2. The minimum atomic E-state index is -0.165. The van der Waals surface area contributed by atoms with Crippen molar-refractivity contribution in [3.05, 3.63) is 39.8 Å². The molecule has 3 aromatic rings. The zero-order chi connectivity index (χ0) is 23.9. The lowest BCUT2D eigenvalue weighted by atomic mass is 9.85. The van der Waals surface area contributed by atoms with Gasteiger partial charge in [-0.25, -0.2) is 14.6 Å². The first-order valence-corrected chi connectivity index (χ1v) is 11.4. The van der Waals surface area contributed by atoms with Gasteiger partial charge >= 0.3 is 0 Å². The fourth-order valence-corrected chi connectivity index (χ4v) is 4.93. The molecule has 0 radical (unpaired) electrons. The molecule has 0 bridgehead atoms. The van der Waals surface area contributed by atoms with Gasteiger partial charge in [-0.1, -0.05) is 11.6 Å². The van der Waals surface area contributed by atoms with Crippen LogP contribution in [0.2, 0.25) is 5.02 Å². The highest BCUT2D eigenvalue weighted by molar-refractivity contribution is 6.31. The summed E-state index contributed by atoms with van der Waals surface area (Å²) in [6.45, 7) is 8.02. The van der Waals surface area contributed by atoms with E-state index >= 15 is 0 Å². The summed E-state index contributed by atoms with van der Waals surface area (Å²) in [6, 6.07) is 1.81. The molecule has 1 aliphatic rings. The molecular weight excluding hydrogens is 442 g/mol. The van der Waals surface area contributed by atoms with Crippen molar-refractivity contribution in [2.75, 3.05) is 33.0 Å². The Morgan fingerprint density at radius 3 is 2.76 bits per heavy atom. The van der Waals surface area contributed by atoms with Crippen LogP contribution < -0.4 is 15.8 Å². The molecule has 1 aliphatic heterocycles. The van der Waals surface area contributed by atoms with E-state index in [1.807, 2.05) is 31.5 Å². The van der Waals surface area contributed by atoms with Crippen molar-refractivity contribution in [3.63, 3.8) is 0 Å². The van der Waals surface area contributed by atoms with E-state index in [4.69, 9.17) is 22.1 Å². The Labute approximate surface area is 198 Å². The Balaban J connectivity index is 1.60. The average molecular weight is 472 g/mol. The zero-order valence-corrected chi connectivity index (χ0v) is 20.4. The SMILES string of the molecule is CNC(=O)[C@@H](C)N1CC(c2c(C)c(Cl)cc(CCn3nc(C)c4c(N)ncnc43)c2OC)C1. The number of methoxy groups -OCH3 is 1. The van der Waals surface area contributed by atoms with Gasteiger partial charge in [0.15, 0.2) is 5.65 Å². The zero-order valence-electron chi connectivity index (χ0n) is 19.6. The van der Waals surface area contributed by atoms with Crippen LogP contribution in [0.3, 0.4) is 0 Å². The highest BCUT2D eigenvalue weighted by Gasteiger charge is 2.37. The first kappa shape index (κ1) is 23.3. The topological polar surface area (TPSA) is 111 Å². The molecule has 1 amide bonds. The molecule has 10 heteroatoms. The maximum Gasteiger partial charge on any atom is 0.236 e. The molecule has 1 fully saturated rings. The number of likely N-dealkylation sites (tertiary alicyclic amines) is 1. The van der Waals surface area contributed by atoms with Crippen LogP contribution in [-0.2, 0) is 17.8 Å². The Kier molecular flexibility index (Phi) is 6.45. The minimum absolute atomic E-state index is 0.0232. The third-order valence-electron chi connectivity index (χ3n) is 6.62. The van der Waals surface area contributed by atoms with E-state index in [-0.39, 0.29) is 17.9 Å². The number of anilines is 1. The summed E-state index contributed by atoms with van der Waals surface area (Å²) < 4.78 is 7.75. The third kappa shape index (κ3) is 4.11. The monoisotopic (exact) mass is 471 g/mol. The van der Waals surface area contributed by atoms with Gasteiger partial charge in [-0.3, -0.25) is 9.69 Å². The number of carbonyl (C=O) groups is 1. The number of amides is 1. The van der Waals surface area contributed by atoms with Crippen molar-refractivity contribution in [2.24, 2.45) is 0 Å². The normalized spacial score (nSPS) is 15.5. The van der Waals surface area contributed by atoms with Crippen molar-refractivity contribution in [1.29, 1.82) is 0 Å². The number of fused-ring (bicyclic) bond motifs is 1. The van der Waals surface area contributed by atoms with Crippen LogP contribution in [0.4, 0.5) is 5.82 Å². The van der Waals surface area contributed by atoms with Crippen LogP contribution in [0.1, 0.15) is 35.2 Å². The summed E-state index contributed by atoms with van der Waals surface area (Å²) in [5, 5.41) is 8.83. The number of aryl methyl sites for hydroxylation is 3. The molecule has 1 aromatic carbocycles. The van der Waals surface area contributed by atoms with E-state index in [0.717, 1.165) is 52.3 Å². The van der Waals surface area contributed by atoms with Gasteiger partial charge in [0.25, 0.3) is 0 Å². The molecule has 3 heterocycles. The number of hydrogen-bond donors (Lipinski definition) is 2. The number of aromatic nitrogens is 4. The lowest BCUT2D eigenvalue weighted by Gasteiger charge is -2.43. The van der Waals surface area contributed by atoms with E-state index < -0.39 is 0 Å². The van der Waals surface area contributed by atoms with Gasteiger partial charge in [0, 0.05) is 43.2 Å². The number of halogens is 1. The number of nitrogens with zero attached hydrogens (tertiary/aromatic N) is 5. The first-order valence-electron chi connectivity index (χ1n) is 11.0. The van der Waals surface area contributed by atoms with Gasteiger partial charge in [0.05, 0.1) is 24.2 Å². The number of hydrogen-bond acceptors (Lipinski definition) is 7. The third-order valence-corrected chi connectivity index (χ3v) is 7.01. The predicted molar refractivity (Wildman–Crippen MR) is 129 cm³/mol. The first-order chi connectivity index (χ1) is 15.8. The summed E-state index contributed by atoms with van der Waals surface area (Å²) in [6.07, 6.45) is 2.13. The molecule has 9 nitrogen and oxygen atoms in total. The van der Waals surface area contributed by atoms with Crippen molar-refractivity contribution in [2.45, 2.75) is 45.7 Å². The smallest absolute Gasteiger partial charge is 0.236 e. The standard InChI is InChI=1S/C23H30ClN7O2/c1-12-17(24)8-15(6-7-31-22-19(13(2)29-31)21(25)27-11-28-22)20(33-5)18(12)16-9-30(10-16)14(3)23(32)26-4/h8,11,14,16H,6-7,9-10H2,1-5H3,(H,26,32)(H2,25,27,28)/t14-/m1/s1. The molecule has 1 atom stereocenters. The van der Waals surface area contributed by atoms with Crippen LogP contribution in [0.25, 0.3) is 11.0 Å². The highest BCUT2D eigenvalue weighted by atomic mass is 35.5. The van der Waals surface area contributed by atoms with Gasteiger partial charge in [-0.2, -0.15) is 5.10 Å². The van der Waals surface area contributed by atoms with E-state index in [0.29, 0.717) is 23.8 Å². The van der Waals surface area contributed by atoms with Crippen molar-refractivity contribution in [3.8, 4) is 5.75 Å². The number of nitrogens with one attached hydrogen (secondary N) is 1. The van der Waals surface area contributed by atoms with E-state index in [2.05, 4.69) is 25.3 Å². The molecule has 0 saturated carbocycles. The Morgan fingerprint density at radius 1 is 1.36 bits per heavy atom. The Hall–Kier alpha value is -2.91. The molecule has 4 rings (SSSR count). The molecule has 176 valence electrons. The highest BCUT2D eigenvalue weighted by Crippen LogP contribution is 2.42. The minimum Gasteiger partial charge on any atom is -0.496 e. The average Bonchev–Trinajstić information content (AvgIpc) is 3.10. The lowest BCUT2D eigenvalue weighted by Crippen LogP contribution is -2.54. The van der Waals surface area contributed by atoms with Gasteiger partial charge < -0.3 is 15.8 Å². The molecule has 3 N–H and O–H groups in total. The summed E-state index contributed by atoms with van der Waals surface area (Å²) in [5.74, 6) is 1.57. The fraction of sp³-hybridized carbons (Fsp3) is 0.478. The van der Waals surface area contributed by atoms with Gasteiger partial charge in [0.2, 0.25) is 5.91 Å². The molecule has 33 heavy (non-hydrogen) atoms. The lowest BCUT2D eigenvalue weighted by molar-refractivity contribution is -0.127. The van der Waals surface area contributed by atoms with Crippen LogP contribution >= 0.6 is 11.6 Å². The van der Waals surface area contributed by atoms with Crippen molar-refractivity contribution in [1.82, 2.24) is 30.0 Å². The van der Waals surface area contributed by atoms with Crippen LogP contribution in [-0.4, -0.2) is 63.8 Å². The second kappa shape index (κ2) is 9.15. The maximum atomic E-state index is 12.0. The van der Waals surface area contributed by atoms with Crippen molar-refractivity contribution >= 4 is 34.4 Å². The van der Waals surface area contributed by atoms with Crippen LogP contribution in [0, 0.1) is 13.8 Å². The quantitative estimate of drug-likeness (QED) is 0.544. The molecule has 0 unspecified atom stereocenters. The largest absolute Gasteiger partial charge is 0.496 e. The summed E-state index contributed by atoms with van der Waals surface area (Å²) in [7, 11) is 3.36. The van der Waals surface area contributed by atoms with E-state index in [1.54, 1.807) is 14.2 Å². The van der Waals surface area contributed by atoms with Crippen LogP contribution in [0.5, 0.6) is 5.75 Å². The molecule has 1 saturated heterocycles. The van der Waals surface area contributed by atoms with Crippen molar-refractivity contribution < 1.29 is 9.53 Å². The number of ether oxygens (including phenoxy) is 1. The maximum absolute atomic E-state index is 12.0. The molecule has 2 aromatic heterocycles. The van der Waals surface area contributed by atoms with Gasteiger partial charge in [-0.05, 0) is 44.4 Å². The number of likely N-dealkylation sites (N-methyl/N-ethyl adjacent to an activating group) is 1. The van der Waals surface area contributed by atoms with E-state index in [9.17, 15) is 4.79 Å². The Bertz CT molecular complexity index is 1200. The number of nitrogen functional groups attached to an aromatic ring is 1. The summed E-state index contributed by atoms with van der Waals surface area (Å²) in [5.41, 5.74) is 10.7. The molecule has 0 aliphatic carbocycles. The van der Waals surface area contributed by atoms with Gasteiger partial charge in [-0.15, -0.1) is 0 Å². The summed E-state index contributed by atoms with van der Waals surface area (Å²) in [4.78, 5) is 22.6. The van der Waals surface area contributed by atoms with E-state index in [1.165, 1.54) is 6.33 Å². The number of carbonyl (C=O) groups excluding carboxylic acids is 1. The molecule has 0 spiro atoms. The Morgan fingerprint density at radius 2 is 2.09 bits per heavy atom. The number of benzene rings is 1. The second-order valence-electron chi connectivity index (χ2n) is 8.55. The summed E-state index contributed by atoms with van der Waals surface area (Å²) >= 11 is 6.65. The predicted octanol–water partition coefficient (Wildman–Crippen LogP) is 2.46. The fourth-order valence-electron chi connectivity index (χ4n) is 4.70.